The van der Waals surface area contributed by atoms with Crippen LogP contribution in [0.3, 0.4) is 0 Å². The minimum atomic E-state index is -0.228. The van der Waals surface area contributed by atoms with Gasteiger partial charge in [0, 0.05) is 21.7 Å². The highest BCUT2D eigenvalue weighted by Gasteiger charge is 2.12. The topological polar surface area (TPSA) is 42.0 Å². The molecule has 1 aromatic heterocycles. The molecule has 20 heavy (non-hydrogen) atoms. The lowest BCUT2D eigenvalue weighted by molar-refractivity contribution is 0.102. The Bertz CT molecular complexity index is 781. The van der Waals surface area contributed by atoms with Crippen molar-refractivity contribution in [3.63, 3.8) is 0 Å². The second-order valence-electron chi connectivity index (χ2n) is 4.31. The van der Waals surface area contributed by atoms with Crippen LogP contribution in [-0.4, -0.2) is 10.9 Å². The lowest BCUT2D eigenvalue weighted by atomic mass is 10.1. The number of pyridine rings is 1. The van der Waals surface area contributed by atoms with Crippen LogP contribution in [0.1, 0.15) is 10.5 Å². The average molecular weight is 327 g/mol. The Morgan fingerprint density at radius 2 is 1.80 bits per heavy atom. The van der Waals surface area contributed by atoms with E-state index in [0.717, 1.165) is 16.5 Å². The Morgan fingerprint density at radius 1 is 1.00 bits per heavy atom. The number of hydrogen-bond acceptors (Lipinski definition) is 2. The van der Waals surface area contributed by atoms with Crippen molar-refractivity contribution in [1.29, 1.82) is 0 Å². The van der Waals surface area contributed by atoms with E-state index >= 15 is 0 Å². The zero-order valence-electron chi connectivity index (χ0n) is 10.5. The third-order valence-corrected chi connectivity index (χ3v) is 3.65. The van der Waals surface area contributed by atoms with Crippen LogP contribution in [0.2, 0.25) is 0 Å². The smallest absolute Gasteiger partial charge is 0.275 e. The summed E-state index contributed by atoms with van der Waals surface area (Å²) in [6.07, 6.45) is 1.60. The first kappa shape index (κ1) is 12.8. The second-order valence-corrected chi connectivity index (χ2v) is 5.17. The number of rotatable bonds is 2. The van der Waals surface area contributed by atoms with Crippen molar-refractivity contribution in [2.45, 2.75) is 0 Å². The van der Waals surface area contributed by atoms with E-state index in [2.05, 4.69) is 26.2 Å². The summed E-state index contributed by atoms with van der Waals surface area (Å²) in [6.45, 7) is 0. The van der Waals surface area contributed by atoms with Crippen LogP contribution < -0.4 is 5.32 Å². The van der Waals surface area contributed by atoms with Gasteiger partial charge in [-0.25, -0.2) is 4.98 Å². The Hall–Kier alpha value is -2.20. The van der Waals surface area contributed by atoms with E-state index in [9.17, 15) is 4.79 Å². The summed E-state index contributed by atoms with van der Waals surface area (Å²) in [6, 6.07) is 17.3. The molecule has 4 heteroatoms. The van der Waals surface area contributed by atoms with Crippen molar-refractivity contribution < 1.29 is 4.79 Å². The van der Waals surface area contributed by atoms with Gasteiger partial charge in [0.1, 0.15) is 5.69 Å². The minimum Gasteiger partial charge on any atom is -0.320 e. The van der Waals surface area contributed by atoms with Gasteiger partial charge in [0.2, 0.25) is 0 Å². The second kappa shape index (κ2) is 5.43. The third kappa shape index (κ3) is 2.42. The van der Waals surface area contributed by atoms with Gasteiger partial charge in [-0.3, -0.25) is 4.79 Å². The molecule has 0 saturated heterocycles. The molecule has 0 radical (unpaired) electrons. The normalized spacial score (nSPS) is 10.4. The molecule has 0 unspecified atom stereocenters. The predicted octanol–water partition coefficient (Wildman–Crippen LogP) is 4.25. The van der Waals surface area contributed by atoms with E-state index in [1.165, 1.54) is 0 Å². The number of amides is 1. The van der Waals surface area contributed by atoms with E-state index in [4.69, 9.17) is 0 Å². The lowest BCUT2D eigenvalue weighted by Gasteiger charge is -2.09. The molecular weight excluding hydrogens is 316 g/mol. The van der Waals surface area contributed by atoms with Crippen molar-refractivity contribution in [3.05, 3.63) is 71.0 Å². The number of fused-ring (bicyclic) bond motifs is 1. The number of hydrogen-bond donors (Lipinski definition) is 1. The van der Waals surface area contributed by atoms with Crippen LogP contribution >= 0.6 is 15.9 Å². The lowest BCUT2D eigenvalue weighted by Crippen LogP contribution is -2.14. The molecule has 2 aromatic carbocycles. The van der Waals surface area contributed by atoms with Crippen molar-refractivity contribution in [3.8, 4) is 0 Å². The van der Waals surface area contributed by atoms with Gasteiger partial charge < -0.3 is 5.32 Å². The number of halogens is 1. The first-order chi connectivity index (χ1) is 9.75. The molecule has 1 heterocycles. The molecule has 0 bridgehead atoms. The monoisotopic (exact) mass is 326 g/mol. The average Bonchev–Trinajstić information content (AvgIpc) is 2.48. The summed E-state index contributed by atoms with van der Waals surface area (Å²) in [7, 11) is 0. The number of carbonyl (C=O) groups is 1. The van der Waals surface area contributed by atoms with Crippen LogP contribution in [-0.2, 0) is 0 Å². The summed E-state index contributed by atoms with van der Waals surface area (Å²) >= 11 is 3.34. The molecule has 0 fully saturated rings. The van der Waals surface area contributed by atoms with E-state index in [1.54, 1.807) is 18.3 Å². The first-order valence-electron chi connectivity index (χ1n) is 6.15. The fourth-order valence-electron chi connectivity index (χ4n) is 2.07. The SMILES string of the molecule is O=C(Nc1cccc2ccccc12)c1ncccc1Br. The Kier molecular flexibility index (Phi) is 3.48. The molecule has 0 aliphatic rings. The van der Waals surface area contributed by atoms with Gasteiger partial charge >= 0.3 is 0 Å². The van der Waals surface area contributed by atoms with Crippen LogP contribution in [0.15, 0.2) is 65.3 Å². The van der Waals surface area contributed by atoms with Crippen molar-refractivity contribution in [2.24, 2.45) is 0 Å². The van der Waals surface area contributed by atoms with Gasteiger partial charge in [-0.2, -0.15) is 0 Å². The molecule has 3 nitrogen and oxygen atoms in total. The molecule has 3 rings (SSSR count). The van der Waals surface area contributed by atoms with Gasteiger partial charge in [-0.1, -0.05) is 36.4 Å². The summed E-state index contributed by atoms with van der Waals surface area (Å²) in [5.74, 6) is -0.228. The quantitative estimate of drug-likeness (QED) is 0.764. The van der Waals surface area contributed by atoms with E-state index in [-0.39, 0.29) is 5.91 Å². The zero-order valence-corrected chi connectivity index (χ0v) is 12.1. The van der Waals surface area contributed by atoms with Crippen molar-refractivity contribution in [1.82, 2.24) is 4.98 Å². The van der Waals surface area contributed by atoms with Crippen LogP contribution in [0.4, 0.5) is 5.69 Å². The number of aromatic nitrogens is 1. The molecule has 1 amide bonds. The van der Waals surface area contributed by atoms with Gasteiger partial charge in [0.25, 0.3) is 5.91 Å². The number of anilines is 1. The molecular formula is C16H11BrN2O. The molecule has 0 spiro atoms. The predicted molar refractivity (Wildman–Crippen MR) is 83.8 cm³/mol. The van der Waals surface area contributed by atoms with Gasteiger partial charge in [0.05, 0.1) is 0 Å². The Labute approximate surface area is 124 Å². The Morgan fingerprint density at radius 3 is 2.65 bits per heavy atom. The van der Waals surface area contributed by atoms with E-state index < -0.39 is 0 Å². The summed E-state index contributed by atoms with van der Waals surface area (Å²) < 4.78 is 0.678. The molecule has 3 aromatic rings. The minimum absolute atomic E-state index is 0.228. The number of nitrogens with zero attached hydrogens (tertiary/aromatic N) is 1. The number of carbonyl (C=O) groups excluding carboxylic acids is 1. The highest BCUT2D eigenvalue weighted by atomic mass is 79.9. The van der Waals surface area contributed by atoms with E-state index in [1.807, 2.05) is 42.5 Å². The maximum absolute atomic E-state index is 12.3. The van der Waals surface area contributed by atoms with Crippen LogP contribution in [0.25, 0.3) is 10.8 Å². The molecule has 98 valence electrons. The fourth-order valence-corrected chi connectivity index (χ4v) is 2.50. The highest BCUT2D eigenvalue weighted by molar-refractivity contribution is 9.10. The number of nitrogens with one attached hydrogen (secondary N) is 1. The van der Waals surface area contributed by atoms with Crippen LogP contribution in [0, 0.1) is 0 Å². The highest BCUT2D eigenvalue weighted by Crippen LogP contribution is 2.24. The molecule has 0 saturated carbocycles. The molecule has 0 atom stereocenters. The fraction of sp³-hybridized carbons (Fsp3) is 0. The summed E-state index contributed by atoms with van der Waals surface area (Å²) in [5, 5.41) is 5.01. The Balaban J connectivity index is 1.98. The zero-order chi connectivity index (χ0) is 13.9. The van der Waals surface area contributed by atoms with Crippen molar-refractivity contribution >= 4 is 38.3 Å². The third-order valence-electron chi connectivity index (χ3n) is 3.01. The van der Waals surface area contributed by atoms with Crippen molar-refractivity contribution in [2.75, 3.05) is 5.32 Å². The van der Waals surface area contributed by atoms with Gasteiger partial charge in [-0.05, 0) is 39.5 Å². The number of benzene rings is 2. The molecule has 0 aliphatic heterocycles. The van der Waals surface area contributed by atoms with E-state index in [0.29, 0.717) is 10.2 Å². The maximum atomic E-state index is 12.3. The van der Waals surface area contributed by atoms with Crippen LogP contribution in [0.5, 0.6) is 0 Å². The molecule has 0 aliphatic carbocycles. The largest absolute Gasteiger partial charge is 0.320 e. The molecule has 1 N–H and O–H groups in total. The standard InChI is InChI=1S/C16H11BrN2O/c17-13-8-4-10-18-15(13)16(20)19-14-9-3-6-11-5-1-2-7-12(11)14/h1-10H,(H,19,20). The first-order valence-corrected chi connectivity index (χ1v) is 6.94. The van der Waals surface area contributed by atoms with Gasteiger partial charge in [-0.15, -0.1) is 0 Å². The summed E-state index contributed by atoms with van der Waals surface area (Å²) in [4.78, 5) is 16.4. The maximum Gasteiger partial charge on any atom is 0.275 e. The van der Waals surface area contributed by atoms with Gasteiger partial charge in [0.15, 0.2) is 0 Å². The summed E-state index contributed by atoms with van der Waals surface area (Å²) in [5.41, 5.74) is 1.16.